The minimum absolute atomic E-state index is 0.160. The zero-order valence-corrected chi connectivity index (χ0v) is 14.4. The van der Waals surface area contributed by atoms with Crippen molar-refractivity contribution in [2.45, 2.75) is 33.2 Å². The lowest BCUT2D eigenvalue weighted by atomic mass is 10.1. The molecule has 5 nitrogen and oxygen atoms in total. The first kappa shape index (κ1) is 16.9. The molecule has 3 rings (SSSR count). The van der Waals surface area contributed by atoms with E-state index in [9.17, 15) is 9.59 Å². The Morgan fingerprint density at radius 1 is 1.12 bits per heavy atom. The van der Waals surface area contributed by atoms with Crippen LogP contribution in [-0.4, -0.2) is 15.7 Å². The molecular weight excluding hydrogens is 316 g/mol. The van der Waals surface area contributed by atoms with Crippen LogP contribution in [-0.2, 0) is 6.54 Å². The minimum atomic E-state index is -0.563. The molecule has 2 aromatic carbocycles. The summed E-state index contributed by atoms with van der Waals surface area (Å²) in [6.45, 7) is 4.44. The zero-order chi connectivity index (χ0) is 17.8. The molecule has 0 aliphatic carbocycles. The highest BCUT2D eigenvalue weighted by Gasteiger charge is 2.18. The summed E-state index contributed by atoms with van der Waals surface area (Å²) in [4.78, 5) is 25.2. The summed E-state index contributed by atoms with van der Waals surface area (Å²) in [7, 11) is 0. The van der Waals surface area contributed by atoms with Crippen LogP contribution in [0.3, 0.4) is 0 Å². The predicted octanol–water partition coefficient (Wildman–Crippen LogP) is 3.72. The lowest BCUT2D eigenvalue weighted by Crippen LogP contribution is -2.27. The highest BCUT2D eigenvalue weighted by atomic mass is 16.5. The van der Waals surface area contributed by atoms with E-state index in [1.54, 1.807) is 36.4 Å². The largest absolute Gasteiger partial charge is 0.422 e. The number of carbonyl (C=O) groups excluding carboxylic acids is 1. The number of hydrogen-bond acceptors (Lipinski definition) is 4. The molecule has 25 heavy (non-hydrogen) atoms. The summed E-state index contributed by atoms with van der Waals surface area (Å²) in [5.74, 6) is -0.103. The molecule has 128 valence electrons. The third-order valence-corrected chi connectivity index (χ3v) is 3.98. The second-order valence-corrected chi connectivity index (χ2v) is 5.98. The monoisotopic (exact) mass is 336 g/mol. The van der Waals surface area contributed by atoms with Gasteiger partial charge in [0, 0.05) is 11.9 Å². The van der Waals surface area contributed by atoms with Crippen LogP contribution in [0.2, 0.25) is 0 Å². The van der Waals surface area contributed by atoms with E-state index in [1.165, 1.54) is 4.68 Å². The molecule has 0 bridgehead atoms. The molecule has 0 fully saturated rings. The standard InChI is InChI=1S/C20H20N2O3/c1-3-4-12-22-19(23)17-11-6-5-10-16(17)18(21-22)20(24)25-15-9-7-8-14(2)13-15/h5-11,13H,3-4,12H2,1-2H3. The second kappa shape index (κ2) is 7.30. The molecule has 0 amide bonds. The van der Waals surface area contributed by atoms with Gasteiger partial charge in [0.15, 0.2) is 5.69 Å². The molecule has 0 saturated heterocycles. The molecule has 0 saturated carbocycles. The van der Waals surface area contributed by atoms with Gasteiger partial charge < -0.3 is 4.74 Å². The van der Waals surface area contributed by atoms with Gasteiger partial charge in [-0.2, -0.15) is 5.10 Å². The SMILES string of the molecule is CCCCn1nc(C(=O)Oc2cccc(C)c2)c2ccccc2c1=O. The Balaban J connectivity index is 2.06. The molecule has 1 aromatic heterocycles. The van der Waals surface area contributed by atoms with E-state index in [1.807, 2.05) is 26.0 Å². The van der Waals surface area contributed by atoms with E-state index in [0.29, 0.717) is 23.1 Å². The first-order chi connectivity index (χ1) is 12.1. The normalized spacial score (nSPS) is 10.8. The molecule has 0 radical (unpaired) electrons. The molecule has 5 heteroatoms. The fourth-order valence-electron chi connectivity index (χ4n) is 2.68. The fourth-order valence-corrected chi connectivity index (χ4v) is 2.68. The fraction of sp³-hybridized carbons (Fsp3) is 0.250. The third-order valence-electron chi connectivity index (χ3n) is 3.98. The summed E-state index contributed by atoms with van der Waals surface area (Å²) in [6, 6.07) is 14.3. The van der Waals surface area contributed by atoms with Crippen LogP contribution in [0.4, 0.5) is 0 Å². The number of fused-ring (bicyclic) bond motifs is 1. The molecule has 0 unspecified atom stereocenters. The van der Waals surface area contributed by atoms with Gasteiger partial charge >= 0.3 is 5.97 Å². The molecule has 0 N–H and O–H groups in total. The van der Waals surface area contributed by atoms with Gasteiger partial charge in [0.2, 0.25) is 0 Å². The van der Waals surface area contributed by atoms with Crippen LogP contribution >= 0.6 is 0 Å². The van der Waals surface area contributed by atoms with Crippen molar-refractivity contribution in [1.82, 2.24) is 9.78 Å². The number of unbranched alkanes of at least 4 members (excludes halogenated alkanes) is 1. The van der Waals surface area contributed by atoms with E-state index >= 15 is 0 Å². The zero-order valence-electron chi connectivity index (χ0n) is 14.4. The van der Waals surface area contributed by atoms with Crippen molar-refractivity contribution in [2.75, 3.05) is 0 Å². The Morgan fingerprint density at radius 2 is 1.88 bits per heavy atom. The number of hydrogen-bond donors (Lipinski definition) is 0. The molecule has 0 atom stereocenters. The number of nitrogens with zero attached hydrogens (tertiary/aromatic N) is 2. The smallest absolute Gasteiger partial charge is 0.364 e. The first-order valence-corrected chi connectivity index (χ1v) is 8.39. The number of aryl methyl sites for hydroxylation is 2. The maximum Gasteiger partial charge on any atom is 0.364 e. The van der Waals surface area contributed by atoms with Crippen LogP contribution in [0.5, 0.6) is 5.75 Å². The van der Waals surface area contributed by atoms with Crippen molar-refractivity contribution >= 4 is 16.7 Å². The van der Waals surface area contributed by atoms with E-state index < -0.39 is 5.97 Å². The van der Waals surface area contributed by atoms with Crippen molar-refractivity contribution in [3.63, 3.8) is 0 Å². The Bertz CT molecular complexity index is 976. The highest BCUT2D eigenvalue weighted by Crippen LogP contribution is 2.18. The van der Waals surface area contributed by atoms with Gasteiger partial charge in [-0.1, -0.05) is 43.7 Å². The summed E-state index contributed by atoms with van der Waals surface area (Å²) >= 11 is 0. The van der Waals surface area contributed by atoms with Gasteiger partial charge in [0.25, 0.3) is 5.56 Å². The van der Waals surface area contributed by atoms with Crippen molar-refractivity contribution in [2.24, 2.45) is 0 Å². The van der Waals surface area contributed by atoms with E-state index in [-0.39, 0.29) is 11.3 Å². The van der Waals surface area contributed by atoms with Gasteiger partial charge in [-0.3, -0.25) is 4.79 Å². The molecular formula is C20H20N2O3. The van der Waals surface area contributed by atoms with Gasteiger partial charge in [0.05, 0.1) is 5.39 Å². The van der Waals surface area contributed by atoms with Gasteiger partial charge in [-0.05, 0) is 37.1 Å². The molecule has 0 aliphatic rings. The number of rotatable bonds is 5. The molecule has 0 aliphatic heterocycles. The average molecular weight is 336 g/mol. The maximum atomic E-state index is 12.7. The molecule has 3 aromatic rings. The van der Waals surface area contributed by atoms with Crippen LogP contribution in [0.15, 0.2) is 53.3 Å². The van der Waals surface area contributed by atoms with Crippen LogP contribution < -0.4 is 10.3 Å². The van der Waals surface area contributed by atoms with E-state index in [0.717, 1.165) is 18.4 Å². The number of benzene rings is 2. The topological polar surface area (TPSA) is 61.2 Å². The van der Waals surface area contributed by atoms with E-state index in [4.69, 9.17) is 4.74 Å². The maximum absolute atomic E-state index is 12.7. The summed E-state index contributed by atoms with van der Waals surface area (Å²) < 4.78 is 6.83. The van der Waals surface area contributed by atoms with Gasteiger partial charge in [-0.25, -0.2) is 9.48 Å². The Morgan fingerprint density at radius 3 is 2.60 bits per heavy atom. The Kier molecular flexibility index (Phi) is 4.93. The van der Waals surface area contributed by atoms with Crippen molar-refractivity contribution in [1.29, 1.82) is 0 Å². The number of esters is 1. The van der Waals surface area contributed by atoms with Crippen molar-refractivity contribution in [3.8, 4) is 5.75 Å². The summed E-state index contributed by atoms with van der Waals surface area (Å²) in [6.07, 6.45) is 1.75. The summed E-state index contributed by atoms with van der Waals surface area (Å²) in [5.41, 5.74) is 0.972. The van der Waals surface area contributed by atoms with Gasteiger partial charge in [-0.15, -0.1) is 0 Å². The van der Waals surface area contributed by atoms with E-state index in [2.05, 4.69) is 5.10 Å². The first-order valence-electron chi connectivity index (χ1n) is 8.39. The third kappa shape index (κ3) is 3.60. The second-order valence-electron chi connectivity index (χ2n) is 5.98. The molecule has 1 heterocycles. The lowest BCUT2D eigenvalue weighted by molar-refractivity contribution is 0.0728. The Hall–Kier alpha value is -2.95. The Labute approximate surface area is 145 Å². The van der Waals surface area contributed by atoms with Gasteiger partial charge in [0.1, 0.15) is 5.75 Å². The van der Waals surface area contributed by atoms with Crippen molar-refractivity contribution < 1.29 is 9.53 Å². The quantitative estimate of drug-likeness (QED) is 0.526. The molecule has 0 spiro atoms. The number of ether oxygens (including phenoxy) is 1. The average Bonchev–Trinajstić information content (AvgIpc) is 2.61. The highest BCUT2D eigenvalue weighted by molar-refractivity contribution is 6.02. The van der Waals surface area contributed by atoms with Crippen LogP contribution in [0, 0.1) is 6.92 Å². The number of carbonyl (C=O) groups is 1. The van der Waals surface area contributed by atoms with Crippen LogP contribution in [0.1, 0.15) is 35.8 Å². The lowest BCUT2D eigenvalue weighted by Gasteiger charge is -2.10. The van der Waals surface area contributed by atoms with Crippen molar-refractivity contribution in [3.05, 3.63) is 70.1 Å². The minimum Gasteiger partial charge on any atom is -0.422 e. The summed E-state index contributed by atoms with van der Waals surface area (Å²) in [5, 5.41) is 5.27. The predicted molar refractivity (Wildman–Crippen MR) is 97.0 cm³/mol. The van der Waals surface area contributed by atoms with Crippen LogP contribution in [0.25, 0.3) is 10.8 Å². The number of aromatic nitrogens is 2.